The number of ether oxygens (including phenoxy) is 1. The van der Waals surface area contributed by atoms with Gasteiger partial charge < -0.3 is 9.84 Å². The third kappa shape index (κ3) is 5.51. The van der Waals surface area contributed by atoms with Gasteiger partial charge in [0.25, 0.3) is 0 Å². The number of carboxylic acid groups (broad SMARTS) is 1. The Morgan fingerprint density at radius 3 is 2.56 bits per heavy atom. The minimum absolute atomic E-state index is 0.00428. The molecule has 1 aromatic heterocycles. The molecule has 0 amide bonds. The second-order valence-corrected chi connectivity index (χ2v) is 11.2. The van der Waals surface area contributed by atoms with Crippen molar-refractivity contribution in [3.05, 3.63) is 87.1 Å². The van der Waals surface area contributed by atoms with Gasteiger partial charge in [0.1, 0.15) is 12.4 Å². The van der Waals surface area contributed by atoms with E-state index in [1.54, 1.807) is 18.1 Å². The highest BCUT2D eigenvalue weighted by molar-refractivity contribution is 7.11. The number of aliphatic carboxylic acids is 1. The molecule has 1 saturated heterocycles. The number of likely N-dealkylation sites (tertiary alicyclic amines) is 1. The molecular formula is C31H33NO3S. The number of rotatable bonds is 8. The fraction of sp³-hybridized carbons (Fsp3) is 0.387. The Morgan fingerprint density at radius 1 is 1.06 bits per heavy atom. The fourth-order valence-electron chi connectivity index (χ4n) is 5.78. The standard InChI is InChI=1S/C31H33NO3S/c1-2-5-25(20-30(33)34)23-8-10-26(11-9-23)35-22-28-13-12-27(36-28)21-32-18-16-31(17-19-32)15-14-24-6-3-4-7-29(24)31/h3-4,6-13,25H,14-22H2,1H3,(H,33,34). The molecule has 1 aliphatic carbocycles. The van der Waals surface area contributed by atoms with Crippen LogP contribution in [-0.4, -0.2) is 29.1 Å². The Balaban J connectivity index is 1.12. The van der Waals surface area contributed by atoms with Crippen LogP contribution in [0.2, 0.25) is 0 Å². The van der Waals surface area contributed by atoms with Crippen molar-refractivity contribution in [2.75, 3.05) is 13.1 Å². The topological polar surface area (TPSA) is 49.8 Å². The Hall–Kier alpha value is -3.07. The van der Waals surface area contributed by atoms with Crippen LogP contribution in [0.1, 0.15) is 65.0 Å². The van der Waals surface area contributed by atoms with E-state index in [9.17, 15) is 4.79 Å². The van der Waals surface area contributed by atoms with Gasteiger partial charge in [0.2, 0.25) is 0 Å². The van der Waals surface area contributed by atoms with Gasteiger partial charge >= 0.3 is 5.97 Å². The third-order valence-corrected chi connectivity index (χ3v) is 8.78. The summed E-state index contributed by atoms with van der Waals surface area (Å²) >= 11 is 1.83. The van der Waals surface area contributed by atoms with E-state index in [2.05, 4.69) is 53.1 Å². The average molecular weight is 500 g/mol. The van der Waals surface area contributed by atoms with Gasteiger partial charge in [-0.05, 0) is 92.1 Å². The molecule has 1 N–H and O–H groups in total. The first-order valence-electron chi connectivity index (χ1n) is 12.8. The number of carbonyl (C=O) groups is 1. The number of hydrogen-bond donors (Lipinski definition) is 1. The second kappa shape index (κ2) is 10.9. The first-order chi connectivity index (χ1) is 17.5. The number of fused-ring (bicyclic) bond motifs is 2. The molecule has 36 heavy (non-hydrogen) atoms. The fourth-order valence-corrected chi connectivity index (χ4v) is 6.75. The maximum absolute atomic E-state index is 11.1. The molecule has 1 aliphatic heterocycles. The molecule has 2 heterocycles. The molecule has 1 unspecified atom stereocenters. The highest BCUT2D eigenvalue weighted by Gasteiger charge is 2.40. The Bertz CT molecular complexity index is 1260. The van der Waals surface area contributed by atoms with Gasteiger partial charge in [-0.1, -0.05) is 42.3 Å². The predicted octanol–water partition coefficient (Wildman–Crippen LogP) is 6.39. The summed E-state index contributed by atoms with van der Waals surface area (Å²) in [6, 6.07) is 21.1. The van der Waals surface area contributed by atoms with Crippen LogP contribution in [-0.2, 0) is 29.8 Å². The van der Waals surface area contributed by atoms with Gasteiger partial charge in [-0.2, -0.15) is 0 Å². The Labute approximate surface area is 217 Å². The van der Waals surface area contributed by atoms with Gasteiger partial charge in [-0.25, -0.2) is 0 Å². The lowest BCUT2D eigenvalue weighted by atomic mass is 9.74. The van der Waals surface area contributed by atoms with Gasteiger partial charge in [0.05, 0.1) is 12.3 Å². The molecule has 1 atom stereocenters. The molecule has 0 radical (unpaired) electrons. The van der Waals surface area contributed by atoms with Crippen LogP contribution >= 0.6 is 11.3 Å². The Kier molecular flexibility index (Phi) is 7.46. The molecule has 2 aromatic carbocycles. The van der Waals surface area contributed by atoms with Gasteiger partial charge in [-0.15, -0.1) is 17.3 Å². The molecule has 4 nitrogen and oxygen atoms in total. The number of piperidine rings is 1. The van der Waals surface area contributed by atoms with Gasteiger partial charge in [0, 0.05) is 16.3 Å². The largest absolute Gasteiger partial charge is 0.488 e. The van der Waals surface area contributed by atoms with E-state index in [0.717, 1.165) is 30.9 Å². The SMILES string of the molecule is CC#CC(CC(=O)O)c1ccc(OCc2ccc(CN3CCC4(CCc5ccccc54)CC3)s2)cc1. The number of thiophene rings is 1. The summed E-state index contributed by atoms with van der Waals surface area (Å²) in [4.78, 5) is 16.3. The van der Waals surface area contributed by atoms with Crippen LogP contribution in [0.5, 0.6) is 5.75 Å². The van der Waals surface area contributed by atoms with Crippen LogP contribution in [0.25, 0.3) is 0 Å². The average Bonchev–Trinajstić information content (AvgIpc) is 3.49. The molecule has 5 rings (SSSR count). The lowest BCUT2D eigenvalue weighted by Gasteiger charge is -2.40. The summed E-state index contributed by atoms with van der Waals surface area (Å²) in [6.07, 6.45) is 5.08. The summed E-state index contributed by atoms with van der Waals surface area (Å²) in [5.74, 6) is 5.47. The third-order valence-electron chi connectivity index (χ3n) is 7.73. The number of benzene rings is 2. The molecule has 3 aromatic rings. The van der Waals surface area contributed by atoms with Crippen molar-refractivity contribution in [1.82, 2.24) is 4.90 Å². The van der Waals surface area contributed by atoms with Crippen molar-refractivity contribution in [3.63, 3.8) is 0 Å². The number of carboxylic acids is 1. The van der Waals surface area contributed by atoms with E-state index < -0.39 is 5.97 Å². The molecule has 2 aliphatic rings. The van der Waals surface area contributed by atoms with E-state index in [-0.39, 0.29) is 12.3 Å². The van der Waals surface area contributed by atoms with E-state index >= 15 is 0 Å². The lowest BCUT2D eigenvalue weighted by molar-refractivity contribution is -0.137. The van der Waals surface area contributed by atoms with Crippen molar-refractivity contribution in [3.8, 4) is 17.6 Å². The molecule has 1 fully saturated rings. The lowest BCUT2D eigenvalue weighted by Crippen LogP contribution is -2.41. The van der Waals surface area contributed by atoms with Crippen molar-refractivity contribution in [2.24, 2.45) is 0 Å². The summed E-state index contributed by atoms with van der Waals surface area (Å²) in [5, 5.41) is 9.13. The van der Waals surface area contributed by atoms with E-state index in [0.29, 0.717) is 12.0 Å². The predicted molar refractivity (Wildman–Crippen MR) is 144 cm³/mol. The minimum atomic E-state index is -0.843. The smallest absolute Gasteiger partial charge is 0.304 e. The second-order valence-electron chi connectivity index (χ2n) is 9.98. The normalized spacial score (nSPS) is 17.2. The van der Waals surface area contributed by atoms with Crippen LogP contribution in [0.15, 0.2) is 60.7 Å². The van der Waals surface area contributed by atoms with Crippen LogP contribution < -0.4 is 4.74 Å². The molecule has 0 saturated carbocycles. The monoisotopic (exact) mass is 499 g/mol. The van der Waals surface area contributed by atoms with Crippen LogP contribution in [0.3, 0.4) is 0 Å². The van der Waals surface area contributed by atoms with Crippen molar-refractivity contribution >= 4 is 17.3 Å². The maximum atomic E-state index is 11.1. The van der Waals surface area contributed by atoms with Crippen molar-refractivity contribution < 1.29 is 14.6 Å². The van der Waals surface area contributed by atoms with E-state index in [1.165, 1.54) is 35.4 Å². The highest BCUT2D eigenvalue weighted by atomic mass is 32.1. The molecule has 186 valence electrons. The van der Waals surface area contributed by atoms with Gasteiger partial charge in [-0.3, -0.25) is 9.69 Å². The van der Waals surface area contributed by atoms with Crippen molar-refractivity contribution in [1.29, 1.82) is 0 Å². The quantitative estimate of drug-likeness (QED) is 0.365. The first kappa shape index (κ1) is 24.6. The van der Waals surface area contributed by atoms with Crippen LogP contribution in [0.4, 0.5) is 0 Å². The maximum Gasteiger partial charge on any atom is 0.304 e. The summed E-state index contributed by atoms with van der Waals surface area (Å²) in [5.41, 5.74) is 4.50. The van der Waals surface area contributed by atoms with Crippen LogP contribution in [0, 0.1) is 11.8 Å². The molecule has 1 spiro atoms. The zero-order chi connectivity index (χ0) is 25.0. The minimum Gasteiger partial charge on any atom is -0.488 e. The molecule has 5 heteroatoms. The summed E-state index contributed by atoms with van der Waals surface area (Å²) < 4.78 is 6.01. The zero-order valence-electron chi connectivity index (χ0n) is 20.8. The van der Waals surface area contributed by atoms with E-state index in [4.69, 9.17) is 9.84 Å². The molecular weight excluding hydrogens is 466 g/mol. The van der Waals surface area contributed by atoms with E-state index in [1.807, 2.05) is 35.6 Å². The van der Waals surface area contributed by atoms with Crippen molar-refractivity contribution in [2.45, 2.75) is 63.5 Å². The zero-order valence-corrected chi connectivity index (χ0v) is 21.7. The molecule has 0 bridgehead atoms. The highest BCUT2D eigenvalue weighted by Crippen LogP contribution is 2.46. The Morgan fingerprint density at radius 2 is 1.81 bits per heavy atom. The number of aryl methyl sites for hydroxylation is 1. The van der Waals surface area contributed by atoms with Gasteiger partial charge in [0.15, 0.2) is 0 Å². The summed E-state index contributed by atoms with van der Waals surface area (Å²) in [6.45, 7) is 5.61. The number of hydrogen-bond acceptors (Lipinski definition) is 4. The summed E-state index contributed by atoms with van der Waals surface area (Å²) in [7, 11) is 0. The number of nitrogens with zero attached hydrogens (tertiary/aromatic N) is 1. The first-order valence-corrected chi connectivity index (χ1v) is 13.6.